The van der Waals surface area contributed by atoms with Crippen LogP contribution < -0.4 is 5.73 Å². The highest BCUT2D eigenvalue weighted by Crippen LogP contribution is 2.43. The van der Waals surface area contributed by atoms with Crippen LogP contribution in [-0.2, 0) is 37.5 Å². The Bertz CT molecular complexity index is 1200. The quantitative estimate of drug-likeness (QED) is 0.0232. The number of carboxylic acids is 1. The molecule has 57 heavy (non-hydrogen) atoms. The van der Waals surface area contributed by atoms with Crippen LogP contribution in [0.4, 0.5) is 0 Å². The molecule has 0 aromatic carbocycles. The Morgan fingerprint density at radius 3 is 1.46 bits per heavy atom. The molecule has 0 aliphatic carbocycles. The number of carboxylic acid groups (broad SMARTS) is 1. The number of hydrogen-bond acceptors (Lipinski definition) is 9. The van der Waals surface area contributed by atoms with E-state index >= 15 is 0 Å². The van der Waals surface area contributed by atoms with Crippen molar-refractivity contribution in [2.45, 2.75) is 187 Å². The summed E-state index contributed by atoms with van der Waals surface area (Å²) in [6.45, 7) is 2.63. The molecule has 0 fully saturated rings. The third-order valence-corrected chi connectivity index (χ3v) is 9.98. The predicted octanol–water partition coefficient (Wildman–Crippen LogP) is 11.6. The van der Waals surface area contributed by atoms with Crippen molar-refractivity contribution in [2.75, 3.05) is 19.8 Å². The van der Waals surface area contributed by atoms with Crippen LogP contribution in [-0.4, -0.2) is 59.9 Å². The van der Waals surface area contributed by atoms with Gasteiger partial charge in [-0.15, -0.1) is 0 Å². The molecule has 3 atom stereocenters. The second kappa shape index (κ2) is 40.0. The number of phosphoric ester groups is 1. The highest BCUT2D eigenvalue weighted by Gasteiger charge is 2.28. The molecule has 4 N–H and O–H groups in total. The lowest BCUT2D eigenvalue weighted by atomic mass is 10.0. The first kappa shape index (κ1) is 54.2. The van der Waals surface area contributed by atoms with Crippen molar-refractivity contribution in [1.82, 2.24) is 0 Å². The average Bonchev–Trinajstić information content (AvgIpc) is 3.19. The van der Waals surface area contributed by atoms with E-state index in [1.165, 1.54) is 77.0 Å². The number of unbranched alkanes of at least 4 members (excludes halogenated alkanes) is 16. The summed E-state index contributed by atoms with van der Waals surface area (Å²) in [4.78, 5) is 45.9. The molecule has 0 rings (SSSR count). The average molecular weight is 824 g/mol. The molecule has 0 amide bonds. The van der Waals surface area contributed by atoms with Crippen molar-refractivity contribution in [3.05, 3.63) is 60.8 Å². The Hall–Kier alpha value is -2.82. The molecule has 0 saturated heterocycles. The fourth-order valence-electron chi connectivity index (χ4n) is 5.63. The third kappa shape index (κ3) is 39.8. The van der Waals surface area contributed by atoms with Crippen molar-refractivity contribution in [3.63, 3.8) is 0 Å². The summed E-state index contributed by atoms with van der Waals surface area (Å²) in [5.74, 6) is -2.45. The standard InChI is InChI=1S/C45H78NO10P/c1-3-5-7-9-11-13-15-17-19-21-23-24-26-28-30-32-34-36-43(47)53-38-41(39-54-57(51,52)55-40-42(46)45(49)50)56-44(48)37-35-33-31-29-27-25-22-20-18-16-14-12-10-8-6-4-2/h5,7,11,13,17,19,23-24,28,30,41-42H,3-4,6,8-10,12,14-16,18,20-22,25-27,29,31-40,46H2,1-2H3,(H,49,50)(H,51,52)/b7-5-,13-11-,19-17-,24-23-,30-28-/t41-,42+/m1/s1. The van der Waals surface area contributed by atoms with Crippen LogP contribution >= 0.6 is 7.82 Å². The van der Waals surface area contributed by atoms with E-state index in [2.05, 4.69) is 67.0 Å². The molecule has 0 heterocycles. The minimum absolute atomic E-state index is 0.143. The summed E-state index contributed by atoms with van der Waals surface area (Å²) in [7, 11) is -4.73. The molecule has 0 radical (unpaired) electrons. The molecule has 0 bridgehead atoms. The van der Waals surface area contributed by atoms with Crippen molar-refractivity contribution in [3.8, 4) is 0 Å². The van der Waals surface area contributed by atoms with E-state index in [9.17, 15) is 23.8 Å². The molecule has 328 valence electrons. The van der Waals surface area contributed by atoms with Crippen LogP contribution in [0.3, 0.4) is 0 Å². The van der Waals surface area contributed by atoms with Crippen molar-refractivity contribution < 1.29 is 47.5 Å². The number of rotatable bonds is 40. The smallest absolute Gasteiger partial charge is 0.472 e. The maximum atomic E-state index is 12.6. The molecule has 0 aliphatic heterocycles. The van der Waals surface area contributed by atoms with E-state index in [-0.39, 0.29) is 19.4 Å². The van der Waals surface area contributed by atoms with Crippen LogP contribution in [0, 0.1) is 0 Å². The highest BCUT2D eigenvalue weighted by atomic mass is 31.2. The Balaban J connectivity index is 4.45. The van der Waals surface area contributed by atoms with Crippen molar-refractivity contribution in [1.29, 1.82) is 0 Å². The van der Waals surface area contributed by atoms with E-state index in [1.54, 1.807) is 0 Å². The van der Waals surface area contributed by atoms with Crippen LogP contribution in [0.15, 0.2) is 60.8 Å². The Morgan fingerprint density at radius 1 is 0.561 bits per heavy atom. The second-order valence-electron chi connectivity index (χ2n) is 14.5. The lowest BCUT2D eigenvalue weighted by molar-refractivity contribution is -0.161. The zero-order chi connectivity index (χ0) is 42.1. The van der Waals surface area contributed by atoms with Gasteiger partial charge < -0.3 is 25.2 Å². The summed E-state index contributed by atoms with van der Waals surface area (Å²) in [6.07, 6.45) is 45.8. The zero-order valence-corrected chi connectivity index (χ0v) is 36.3. The minimum atomic E-state index is -4.73. The number of hydrogen-bond donors (Lipinski definition) is 3. The van der Waals surface area contributed by atoms with Gasteiger partial charge in [-0.2, -0.15) is 0 Å². The van der Waals surface area contributed by atoms with Gasteiger partial charge in [0, 0.05) is 12.8 Å². The molecule has 11 nitrogen and oxygen atoms in total. The summed E-state index contributed by atoms with van der Waals surface area (Å²) in [6, 6.07) is -1.53. The molecule has 0 aliphatic rings. The van der Waals surface area contributed by atoms with Crippen molar-refractivity contribution >= 4 is 25.7 Å². The largest absolute Gasteiger partial charge is 0.480 e. The summed E-state index contributed by atoms with van der Waals surface area (Å²) in [5, 5.41) is 8.89. The van der Waals surface area contributed by atoms with Gasteiger partial charge in [0.1, 0.15) is 12.6 Å². The monoisotopic (exact) mass is 824 g/mol. The topological polar surface area (TPSA) is 172 Å². The number of allylic oxidation sites excluding steroid dienone is 10. The highest BCUT2D eigenvalue weighted by molar-refractivity contribution is 7.47. The summed E-state index contributed by atoms with van der Waals surface area (Å²) < 4.78 is 32.6. The second-order valence-corrected chi connectivity index (χ2v) is 15.9. The number of ether oxygens (including phenoxy) is 2. The maximum absolute atomic E-state index is 12.6. The fraction of sp³-hybridized carbons (Fsp3) is 0.711. The molecule has 0 spiro atoms. The van der Waals surface area contributed by atoms with Gasteiger partial charge in [0.25, 0.3) is 0 Å². The number of phosphoric acid groups is 1. The van der Waals surface area contributed by atoms with Gasteiger partial charge in [-0.3, -0.25) is 23.4 Å². The molecule has 0 aromatic heterocycles. The Labute approximate surface area is 345 Å². The number of carbonyl (C=O) groups excluding carboxylic acids is 2. The molecule has 0 saturated carbocycles. The lowest BCUT2D eigenvalue weighted by Gasteiger charge is -2.20. The molecular formula is C45H78NO10P. The number of esters is 2. The third-order valence-electron chi connectivity index (χ3n) is 9.03. The summed E-state index contributed by atoms with van der Waals surface area (Å²) >= 11 is 0. The first-order valence-electron chi connectivity index (χ1n) is 21.8. The minimum Gasteiger partial charge on any atom is -0.480 e. The van der Waals surface area contributed by atoms with E-state index in [4.69, 9.17) is 24.8 Å². The van der Waals surface area contributed by atoms with Crippen molar-refractivity contribution in [2.24, 2.45) is 5.73 Å². The first-order valence-corrected chi connectivity index (χ1v) is 23.3. The maximum Gasteiger partial charge on any atom is 0.472 e. The zero-order valence-electron chi connectivity index (χ0n) is 35.4. The molecule has 0 aromatic rings. The van der Waals surface area contributed by atoms with Gasteiger partial charge in [-0.25, -0.2) is 4.57 Å². The number of carbonyl (C=O) groups is 3. The van der Waals surface area contributed by atoms with E-state index in [0.717, 1.165) is 51.4 Å². The number of aliphatic carboxylic acids is 1. The fourth-order valence-corrected chi connectivity index (χ4v) is 6.41. The van der Waals surface area contributed by atoms with Crippen LogP contribution in [0.25, 0.3) is 0 Å². The Morgan fingerprint density at radius 2 is 0.982 bits per heavy atom. The Kier molecular flexibility index (Phi) is 38.0. The van der Waals surface area contributed by atoms with Gasteiger partial charge in [0.05, 0.1) is 13.2 Å². The molecule has 12 heteroatoms. The van der Waals surface area contributed by atoms with Gasteiger partial charge in [0.15, 0.2) is 6.10 Å². The molecule has 1 unspecified atom stereocenters. The molecular weight excluding hydrogens is 745 g/mol. The summed E-state index contributed by atoms with van der Waals surface area (Å²) in [5.41, 5.74) is 5.33. The van der Waals surface area contributed by atoms with Gasteiger partial charge in [0.2, 0.25) is 0 Å². The van der Waals surface area contributed by atoms with Gasteiger partial charge in [-0.05, 0) is 51.4 Å². The normalized spacial score (nSPS) is 14.3. The van der Waals surface area contributed by atoms with E-state index in [0.29, 0.717) is 19.3 Å². The first-order chi connectivity index (χ1) is 27.6. The predicted molar refractivity (Wildman–Crippen MR) is 231 cm³/mol. The van der Waals surface area contributed by atoms with Gasteiger partial charge >= 0.3 is 25.7 Å². The number of nitrogens with two attached hydrogens (primary N) is 1. The van der Waals surface area contributed by atoms with E-state index in [1.807, 2.05) is 12.2 Å². The lowest BCUT2D eigenvalue weighted by Crippen LogP contribution is -2.34. The van der Waals surface area contributed by atoms with Gasteiger partial charge in [-0.1, -0.05) is 171 Å². The van der Waals surface area contributed by atoms with Crippen LogP contribution in [0.5, 0.6) is 0 Å². The van der Waals surface area contributed by atoms with Crippen LogP contribution in [0.2, 0.25) is 0 Å². The van der Waals surface area contributed by atoms with E-state index < -0.39 is 51.1 Å². The van der Waals surface area contributed by atoms with Crippen LogP contribution in [0.1, 0.15) is 174 Å². The SMILES string of the molecule is CC/C=C\C/C=C\C/C=C\C/C=C\C/C=C\CCCC(=O)OC[C@H](COP(=O)(O)OC[C@H](N)C(=O)O)OC(=O)CCCCCCCCCCCCCCCCCC.